The number of nitrogens with two attached hydrogens (primary N) is 1. The highest BCUT2D eigenvalue weighted by molar-refractivity contribution is 5.30. The molecule has 0 bridgehead atoms. The first-order valence-electron chi connectivity index (χ1n) is 6.11. The zero-order valence-corrected chi connectivity index (χ0v) is 10.6. The van der Waals surface area contributed by atoms with E-state index in [0.717, 1.165) is 18.6 Å². The minimum atomic E-state index is 0.258. The van der Waals surface area contributed by atoms with Gasteiger partial charge >= 0.3 is 0 Å². The fourth-order valence-electron chi connectivity index (χ4n) is 1.50. The minimum Gasteiger partial charge on any atom is -0.494 e. The van der Waals surface area contributed by atoms with Crippen LogP contribution in [0.25, 0.3) is 0 Å². The van der Waals surface area contributed by atoms with E-state index in [4.69, 9.17) is 10.5 Å². The van der Waals surface area contributed by atoms with Gasteiger partial charge in [-0.3, -0.25) is 0 Å². The Morgan fingerprint density at radius 1 is 1.31 bits per heavy atom. The number of hydrogen-bond acceptors (Lipinski definition) is 2. The summed E-state index contributed by atoms with van der Waals surface area (Å²) in [6.45, 7) is 7.18. The van der Waals surface area contributed by atoms with Crippen LogP contribution in [0, 0.1) is 0 Å². The molecule has 1 unspecified atom stereocenters. The molecule has 0 saturated carbocycles. The zero-order valence-electron chi connectivity index (χ0n) is 10.6. The second-order valence-electron chi connectivity index (χ2n) is 4.53. The quantitative estimate of drug-likeness (QED) is 0.799. The van der Waals surface area contributed by atoms with Crippen molar-refractivity contribution in [1.82, 2.24) is 0 Å². The van der Waals surface area contributed by atoms with Gasteiger partial charge in [0.25, 0.3) is 0 Å². The number of rotatable bonds is 6. The lowest BCUT2D eigenvalue weighted by atomic mass is 10.0. The highest BCUT2D eigenvalue weighted by atomic mass is 16.5. The second kappa shape index (κ2) is 6.54. The molecule has 0 aliphatic carbocycles. The van der Waals surface area contributed by atoms with Gasteiger partial charge < -0.3 is 10.5 Å². The summed E-state index contributed by atoms with van der Waals surface area (Å²) in [6, 6.07) is 8.55. The topological polar surface area (TPSA) is 35.2 Å². The van der Waals surface area contributed by atoms with Crippen LogP contribution in [0.3, 0.4) is 0 Å². The molecule has 0 heterocycles. The summed E-state index contributed by atoms with van der Waals surface area (Å²) in [6.07, 6.45) is 1.93. The molecule has 1 aromatic rings. The molecule has 90 valence electrons. The van der Waals surface area contributed by atoms with Crippen LogP contribution >= 0.6 is 0 Å². The standard InChI is InChI=1S/C14H23NO/c1-4-13(15)8-9-16-14-7-5-6-12(10-14)11(2)3/h5-7,10-11,13H,4,8-9,15H2,1-3H3. The predicted octanol–water partition coefficient (Wildman–Crippen LogP) is 3.32. The first-order valence-corrected chi connectivity index (χ1v) is 6.11. The monoisotopic (exact) mass is 221 g/mol. The lowest BCUT2D eigenvalue weighted by molar-refractivity contribution is 0.296. The van der Waals surface area contributed by atoms with Crippen LogP contribution in [-0.2, 0) is 0 Å². The maximum Gasteiger partial charge on any atom is 0.119 e. The average Bonchev–Trinajstić information content (AvgIpc) is 2.29. The summed E-state index contributed by atoms with van der Waals surface area (Å²) in [5.74, 6) is 1.50. The van der Waals surface area contributed by atoms with Crippen LogP contribution in [-0.4, -0.2) is 12.6 Å². The number of hydrogen-bond donors (Lipinski definition) is 1. The molecular weight excluding hydrogens is 198 g/mol. The lowest BCUT2D eigenvalue weighted by Crippen LogP contribution is -2.21. The molecule has 0 fully saturated rings. The van der Waals surface area contributed by atoms with Gasteiger partial charge in [0.1, 0.15) is 5.75 Å². The Morgan fingerprint density at radius 3 is 2.69 bits per heavy atom. The second-order valence-corrected chi connectivity index (χ2v) is 4.53. The largest absolute Gasteiger partial charge is 0.494 e. The van der Waals surface area contributed by atoms with Crippen molar-refractivity contribution in [3.63, 3.8) is 0 Å². The Bertz CT molecular complexity index is 309. The van der Waals surface area contributed by atoms with Crippen LogP contribution < -0.4 is 10.5 Å². The van der Waals surface area contributed by atoms with Gasteiger partial charge in [0.05, 0.1) is 6.61 Å². The highest BCUT2D eigenvalue weighted by Gasteiger charge is 2.02. The molecule has 2 heteroatoms. The molecule has 16 heavy (non-hydrogen) atoms. The van der Waals surface area contributed by atoms with Crippen LogP contribution in [0.1, 0.15) is 45.1 Å². The fraction of sp³-hybridized carbons (Fsp3) is 0.571. The predicted molar refractivity (Wildman–Crippen MR) is 68.9 cm³/mol. The van der Waals surface area contributed by atoms with Crippen molar-refractivity contribution in [2.75, 3.05) is 6.61 Å². The fourth-order valence-corrected chi connectivity index (χ4v) is 1.50. The van der Waals surface area contributed by atoms with Crippen molar-refractivity contribution in [3.8, 4) is 5.75 Å². The minimum absolute atomic E-state index is 0.258. The van der Waals surface area contributed by atoms with Crippen molar-refractivity contribution >= 4 is 0 Å². The van der Waals surface area contributed by atoms with Crippen LogP contribution in [0.5, 0.6) is 5.75 Å². The van der Waals surface area contributed by atoms with Crippen molar-refractivity contribution in [1.29, 1.82) is 0 Å². The summed E-state index contributed by atoms with van der Waals surface area (Å²) in [4.78, 5) is 0. The van der Waals surface area contributed by atoms with Crippen molar-refractivity contribution in [2.45, 2.75) is 45.6 Å². The summed E-state index contributed by atoms with van der Waals surface area (Å²) >= 11 is 0. The summed E-state index contributed by atoms with van der Waals surface area (Å²) in [7, 11) is 0. The van der Waals surface area contributed by atoms with Crippen molar-refractivity contribution in [3.05, 3.63) is 29.8 Å². The van der Waals surface area contributed by atoms with E-state index in [9.17, 15) is 0 Å². The summed E-state index contributed by atoms with van der Waals surface area (Å²) in [5, 5.41) is 0. The molecule has 0 amide bonds. The smallest absolute Gasteiger partial charge is 0.119 e. The van der Waals surface area contributed by atoms with Gasteiger partial charge in [0, 0.05) is 6.04 Å². The van der Waals surface area contributed by atoms with E-state index in [1.54, 1.807) is 0 Å². The maximum absolute atomic E-state index is 5.84. The average molecular weight is 221 g/mol. The van der Waals surface area contributed by atoms with Crippen LogP contribution in [0.15, 0.2) is 24.3 Å². The van der Waals surface area contributed by atoms with Gasteiger partial charge in [-0.05, 0) is 36.5 Å². The molecule has 1 atom stereocenters. The Kier molecular flexibility index (Phi) is 5.33. The van der Waals surface area contributed by atoms with E-state index in [-0.39, 0.29) is 6.04 Å². The number of benzene rings is 1. The zero-order chi connectivity index (χ0) is 12.0. The molecule has 0 aliphatic heterocycles. The number of ether oxygens (including phenoxy) is 1. The van der Waals surface area contributed by atoms with Gasteiger partial charge in [0.2, 0.25) is 0 Å². The first-order chi connectivity index (χ1) is 7.63. The van der Waals surface area contributed by atoms with E-state index in [2.05, 4.69) is 32.9 Å². The molecule has 0 radical (unpaired) electrons. The molecule has 0 aromatic heterocycles. The van der Waals surface area contributed by atoms with Gasteiger partial charge in [-0.25, -0.2) is 0 Å². The molecule has 0 spiro atoms. The SMILES string of the molecule is CCC(N)CCOc1cccc(C(C)C)c1. The Labute approximate surface area is 98.8 Å². The van der Waals surface area contributed by atoms with E-state index in [1.807, 2.05) is 12.1 Å². The molecule has 2 nitrogen and oxygen atoms in total. The van der Waals surface area contributed by atoms with Gasteiger partial charge in [-0.2, -0.15) is 0 Å². The van der Waals surface area contributed by atoms with E-state index >= 15 is 0 Å². The first kappa shape index (κ1) is 13.0. The highest BCUT2D eigenvalue weighted by Crippen LogP contribution is 2.20. The Hall–Kier alpha value is -1.02. The lowest BCUT2D eigenvalue weighted by Gasteiger charge is -2.12. The van der Waals surface area contributed by atoms with Crippen LogP contribution in [0.2, 0.25) is 0 Å². The molecular formula is C14H23NO. The van der Waals surface area contributed by atoms with Crippen molar-refractivity contribution < 1.29 is 4.74 Å². The Morgan fingerprint density at radius 2 is 2.06 bits per heavy atom. The summed E-state index contributed by atoms with van der Waals surface area (Å²) in [5.41, 5.74) is 7.15. The molecule has 0 aliphatic rings. The third-order valence-electron chi connectivity index (χ3n) is 2.81. The third-order valence-corrected chi connectivity index (χ3v) is 2.81. The van der Waals surface area contributed by atoms with E-state index in [1.165, 1.54) is 5.56 Å². The molecule has 1 rings (SSSR count). The van der Waals surface area contributed by atoms with Gasteiger partial charge in [0.15, 0.2) is 0 Å². The van der Waals surface area contributed by atoms with Crippen molar-refractivity contribution in [2.24, 2.45) is 5.73 Å². The maximum atomic E-state index is 5.84. The molecule has 1 aromatic carbocycles. The summed E-state index contributed by atoms with van der Waals surface area (Å²) < 4.78 is 5.69. The molecule has 0 saturated heterocycles. The Balaban J connectivity index is 2.45. The van der Waals surface area contributed by atoms with Gasteiger partial charge in [-0.15, -0.1) is 0 Å². The normalized spacial score (nSPS) is 12.8. The van der Waals surface area contributed by atoms with E-state index in [0.29, 0.717) is 12.5 Å². The van der Waals surface area contributed by atoms with Crippen LogP contribution in [0.4, 0.5) is 0 Å². The van der Waals surface area contributed by atoms with Gasteiger partial charge in [-0.1, -0.05) is 32.9 Å². The molecule has 2 N–H and O–H groups in total. The third kappa shape index (κ3) is 4.23. The van der Waals surface area contributed by atoms with E-state index < -0.39 is 0 Å².